The number of rotatable bonds is 2. The van der Waals surface area contributed by atoms with E-state index in [1.807, 2.05) is 11.0 Å². The molecule has 1 aliphatic carbocycles. The van der Waals surface area contributed by atoms with E-state index in [0.29, 0.717) is 11.8 Å². The number of benzene rings is 4. The number of fused-ring (bicyclic) bond motifs is 5. The molecule has 1 fully saturated rings. The van der Waals surface area contributed by atoms with Crippen LogP contribution in [0.15, 0.2) is 84.9 Å². The van der Waals surface area contributed by atoms with Gasteiger partial charge in [0.2, 0.25) is 0 Å². The largest absolute Gasteiger partial charge is 0.377 e. The first-order valence-corrected chi connectivity index (χ1v) is 13.1. The molecular weight excluding hydrogens is 442 g/mol. The van der Waals surface area contributed by atoms with Gasteiger partial charge < -0.3 is 15.1 Å². The normalized spacial score (nSPS) is 23.5. The van der Waals surface area contributed by atoms with Crippen molar-refractivity contribution in [3.63, 3.8) is 0 Å². The van der Waals surface area contributed by atoms with Gasteiger partial charge in [-0.05, 0) is 64.2 Å². The maximum atomic E-state index is 13.8. The second-order valence-corrected chi connectivity index (χ2v) is 10.6. The van der Waals surface area contributed by atoms with Crippen molar-refractivity contribution in [1.29, 1.82) is 0 Å². The second kappa shape index (κ2) is 8.49. The van der Waals surface area contributed by atoms with Crippen molar-refractivity contribution in [2.24, 2.45) is 5.92 Å². The molecule has 0 aromatic heterocycles. The lowest BCUT2D eigenvalue weighted by Gasteiger charge is -2.40. The summed E-state index contributed by atoms with van der Waals surface area (Å²) >= 11 is 0. The Morgan fingerprint density at radius 1 is 0.861 bits per heavy atom. The summed E-state index contributed by atoms with van der Waals surface area (Å²) in [5.74, 6) is 0.874. The maximum Gasteiger partial charge on any atom is 0.256 e. The number of nitrogens with zero attached hydrogens (tertiary/aromatic N) is 2. The van der Waals surface area contributed by atoms with Gasteiger partial charge in [0.25, 0.3) is 5.91 Å². The average molecular weight is 474 g/mol. The molecule has 1 saturated heterocycles. The van der Waals surface area contributed by atoms with E-state index in [2.05, 4.69) is 96.1 Å². The minimum absolute atomic E-state index is 0.120. The average Bonchev–Trinajstić information content (AvgIpc) is 3.42. The molecule has 4 heteroatoms. The number of allylic oxidation sites excluding steroid dienone is 2. The Morgan fingerprint density at radius 3 is 2.28 bits per heavy atom. The van der Waals surface area contributed by atoms with Gasteiger partial charge in [-0.3, -0.25) is 4.79 Å². The Labute approximate surface area is 212 Å². The van der Waals surface area contributed by atoms with Crippen LogP contribution in [0.1, 0.15) is 39.9 Å². The Balaban J connectivity index is 1.39. The summed E-state index contributed by atoms with van der Waals surface area (Å²) in [6.07, 6.45) is 5.74. The van der Waals surface area contributed by atoms with Crippen molar-refractivity contribution in [2.75, 3.05) is 38.5 Å². The highest BCUT2D eigenvalue weighted by molar-refractivity contribution is 6.04. The summed E-state index contributed by atoms with van der Waals surface area (Å²) in [6, 6.07) is 26.2. The molecular formula is C32H31N3O. The molecule has 4 aromatic carbocycles. The van der Waals surface area contributed by atoms with Gasteiger partial charge in [0.05, 0.1) is 17.3 Å². The zero-order chi connectivity index (χ0) is 24.2. The predicted octanol–water partition coefficient (Wildman–Crippen LogP) is 6.21. The SMILES string of the molecule is CN1CCN(C(=O)c2cccc3c2NC(c2c4ccccc4cc4ccccc24)C2CC=CC32)CC1. The maximum absolute atomic E-state index is 13.8. The van der Waals surface area contributed by atoms with E-state index in [1.165, 1.54) is 32.7 Å². The number of piperazine rings is 1. The minimum Gasteiger partial charge on any atom is -0.377 e. The van der Waals surface area contributed by atoms with E-state index in [4.69, 9.17) is 0 Å². The number of carbonyl (C=O) groups excluding carboxylic acids is 1. The van der Waals surface area contributed by atoms with E-state index in [-0.39, 0.29) is 11.9 Å². The van der Waals surface area contributed by atoms with Gasteiger partial charge in [-0.2, -0.15) is 0 Å². The fraction of sp³-hybridized carbons (Fsp3) is 0.281. The van der Waals surface area contributed by atoms with Crippen LogP contribution < -0.4 is 5.32 Å². The first-order valence-electron chi connectivity index (χ1n) is 13.1. The van der Waals surface area contributed by atoms with Gasteiger partial charge in [0.15, 0.2) is 0 Å². The quantitative estimate of drug-likeness (QED) is 0.278. The summed E-state index contributed by atoms with van der Waals surface area (Å²) < 4.78 is 0. The molecule has 1 N–H and O–H groups in total. The molecule has 36 heavy (non-hydrogen) atoms. The summed E-state index contributed by atoms with van der Waals surface area (Å²) in [5.41, 5.74) is 4.45. The van der Waals surface area contributed by atoms with Crippen LogP contribution in [0, 0.1) is 5.92 Å². The molecule has 0 spiro atoms. The first-order chi connectivity index (χ1) is 17.7. The van der Waals surface area contributed by atoms with Crippen LogP contribution in [0.2, 0.25) is 0 Å². The lowest BCUT2D eigenvalue weighted by molar-refractivity contribution is 0.0664. The number of nitrogens with one attached hydrogen (secondary N) is 1. The highest BCUT2D eigenvalue weighted by atomic mass is 16.2. The van der Waals surface area contributed by atoms with E-state index in [1.54, 1.807) is 0 Å². The molecule has 4 aromatic rings. The molecule has 0 bridgehead atoms. The Kier molecular flexibility index (Phi) is 5.10. The fourth-order valence-electron chi connectivity index (χ4n) is 6.65. The number of anilines is 1. The van der Waals surface area contributed by atoms with Crippen LogP contribution in [-0.4, -0.2) is 48.9 Å². The van der Waals surface area contributed by atoms with Crippen molar-refractivity contribution in [3.05, 3.63) is 102 Å². The standard InChI is InChI=1S/C32H31N3O/c1-34-16-18-35(19-17-34)32(36)28-15-7-13-26-25-12-6-14-27(25)31(33-30(26)28)29-23-10-4-2-8-21(23)20-22-9-3-5-11-24(22)29/h2-13,15,20,25,27,31,33H,14,16-19H2,1H3. The third-order valence-electron chi connectivity index (χ3n) is 8.54. The number of carbonyl (C=O) groups is 1. The van der Waals surface area contributed by atoms with Crippen molar-refractivity contribution in [1.82, 2.24) is 9.80 Å². The third-order valence-corrected chi connectivity index (χ3v) is 8.54. The van der Waals surface area contributed by atoms with Crippen molar-refractivity contribution < 1.29 is 4.79 Å². The van der Waals surface area contributed by atoms with Gasteiger partial charge in [0, 0.05) is 32.1 Å². The fourth-order valence-corrected chi connectivity index (χ4v) is 6.65. The van der Waals surface area contributed by atoms with E-state index < -0.39 is 0 Å². The number of hydrogen-bond acceptors (Lipinski definition) is 3. The molecule has 7 rings (SSSR count). The molecule has 3 aliphatic rings. The highest BCUT2D eigenvalue weighted by Gasteiger charge is 2.40. The number of hydrogen-bond donors (Lipinski definition) is 1. The number of amides is 1. The monoisotopic (exact) mass is 473 g/mol. The first kappa shape index (κ1) is 21.6. The zero-order valence-corrected chi connectivity index (χ0v) is 20.7. The Bertz CT molecular complexity index is 1460. The Hall–Kier alpha value is -3.63. The van der Waals surface area contributed by atoms with Crippen LogP contribution in [0.5, 0.6) is 0 Å². The minimum atomic E-state index is 0.120. The third kappa shape index (κ3) is 3.35. The summed E-state index contributed by atoms with van der Waals surface area (Å²) in [7, 11) is 2.12. The van der Waals surface area contributed by atoms with Gasteiger partial charge in [-0.1, -0.05) is 72.8 Å². The van der Waals surface area contributed by atoms with Gasteiger partial charge >= 0.3 is 0 Å². The second-order valence-electron chi connectivity index (χ2n) is 10.6. The lowest BCUT2D eigenvalue weighted by atomic mass is 9.74. The molecule has 2 heterocycles. The zero-order valence-electron chi connectivity index (χ0n) is 20.7. The van der Waals surface area contributed by atoms with Gasteiger partial charge in [-0.15, -0.1) is 0 Å². The van der Waals surface area contributed by atoms with E-state index in [0.717, 1.165) is 43.9 Å². The van der Waals surface area contributed by atoms with E-state index >= 15 is 0 Å². The summed E-state index contributed by atoms with van der Waals surface area (Å²) in [4.78, 5) is 18.1. The predicted molar refractivity (Wildman–Crippen MR) is 148 cm³/mol. The van der Waals surface area contributed by atoms with Crippen LogP contribution >= 0.6 is 0 Å². The molecule has 2 aliphatic heterocycles. The molecule has 3 unspecified atom stereocenters. The van der Waals surface area contributed by atoms with Crippen molar-refractivity contribution in [3.8, 4) is 0 Å². The van der Waals surface area contributed by atoms with Gasteiger partial charge in [0.1, 0.15) is 0 Å². The lowest BCUT2D eigenvalue weighted by Crippen LogP contribution is -2.47. The van der Waals surface area contributed by atoms with Crippen molar-refractivity contribution in [2.45, 2.75) is 18.4 Å². The number of likely N-dealkylation sites (N-methyl/N-ethyl adjacent to an activating group) is 1. The molecule has 180 valence electrons. The topological polar surface area (TPSA) is 35.6 Å². The van der Waals surface area contributed by atoms with Crippen molar-refractivity contribution >= 4 is 33.1 Å². The molecule has 0 saturated carbocycles. The molecule has 1 amide bonds. The molecule has 3 atom stereocenters. The summed E-state index contributed by atoms with van der Waals surface area (Å²) in [5, 5.41) is 9.10. The molecule has 0 radical (unpaired) electrons. The van der Waals surface area contributed by atoms with Crippen LogP contribution in [0.4, 0.5) is 5.69 Å². The number of para-hydroxylation sites is 1. The Morgan fingerprint density at radius 2 is 1.56 bits per heavy atom. The smallest absolute Gasteiger partial charge is 0.256 e. The van der Waals surface area contributed by atoms with Crippen LogP contribution in [0.25, 0.3) is 21.5 Å². The van der Waals surface area contributed by atoms with E-state index in [9.17, 15) is 4.79 Å². The van der Waals surface area contributed by atoms with Crippen LogP contribution in [0.3, 0.4) is 0 Å². The van der Waals surface area contributed by atoms with Gasteiger partial charge in [-0.25, -0.2) is 0 Å². The van der Waals surface area contributed by atoms with Crippen LogP contribution in [-0.2, 0) is 0 Å². The molecule has 4 nitrogen and oxygen atoms in total. The highest BCUT2D eigenvalue weighted by Crippen LogP contribution is 2.52. The summed E-state index contributed by atoms with van der Waals surface area (Å²) in [6.45, 7) is 3.41.